The maximum atomic E-state index is 12.6. The Labute approximate surface area is 175 Å². The van der Waals surface area contributed by atoms with Crippen LogP contribution in [0.1, 0.15) is 58.1 Å². The second kappa shape index (κ2) is 12.2. The molecule has 8 nitrogen and oxygen atoms in total. The predicted molar refractivity (Wildman–Crippen MR) is 116 cm³/mol. The Bertz CT molecular complexity index is 698. The van der Waals surface area contributed by atoms with E-state index in [0.29, 0.717) is 37.8 Å². The van der Waals surface area contributed by atoms with Gasteiger partial charge in [-0.3, -0.25) is 4.99 Å². The first-order chi connectivity index (χ1) is 14.0. The molecule has 29 heavy (non-hydrogen) atoms. The molecule has 1 aliphatic heterocycles. The molecule has 0 aliphatic carbocycles. The minimum atomic E-state index is -3.38. The molecular weight excluding hydrogens is 390 g/mol. The molecular formula is C20H37N5O3S. The van der Waals surface area contributed by atoms with Crippen molar-refractivity contribution in [1.82, 2.24) is 19.7 Å². The van der Waals surface area contributed by atoms with Gasteiger partial charge in [0.2, 0.25) is 10.0 Å². The van der Waals surface area contributed by atoms with Crippen LogP contribution in [-0.4, -0.2) is 68.5 Å². The van der Waals surface area contributed by atoms with E-state index in [-0.39, 0.29) is 5.75 Å². The second-order valence-electron chi connectivity index (χ2n) is 7.87. The fourth-order valence-corrected chi connectivity index (χ4v) is 4.99. The zero-order valence-corrected chi connectivity index (χ0v) is 19.0. The highest BCUT2D eigenvalue weighted by molar-refractivity contribution is 7.88. The zero-order valence-electron chi connectivity index (χ0n) is 18.1. The number of hydrogen-bond donors (Lipinski definition) is 1. The number of aliphatic imine (C=N–C) groups is 1. The monoisotopic (exact) mass is 427 g/mol. The van der Waals surface area contributed by atoms with Crippen LogP contribution in [0.5, 0.6) is 0 Å². The highest BCUT2D eigenvalue weighted by Gasteiger charge is 2.29. The molecule has 1 aliphatic rings. The van der Waals surface area contributed by atoms with Gasteiger partial charge in [0.1, 0.15) is 12.0 Å². The number of piperazine rings is 1. The number of aromatic nitrogens is 1. The van der Waals surface area contributed by atoms with E-state index in [4.69, 9.17) is 4.52 Å². The summed E-state index contributed by atoms with van der Waals surface area (Å²) in [6.45, 7) is 7.57. The van der Waals surface area contributed by atoms with Gasteiger partial charge in [0.25, 0.3) is 0 Å². The predicted octanol–water partition coefficient (Wildman–Crippen LogP) is 2.69. The van der Waals surface area contributed by atoms with Crippen LogP contribution < -0.4 is 5.32 Å². The lowest BCUT2D eigenvalue weighted by Crippen LogP contribution is -2.54. The zero-order chi connectivity index (χ0) is 21.1. The minimum Gasteiger partial charge on any atom is -0.364 e. The third-order valence-corrected chi connectivity index (χ3v) is 7.19. The van der Waals surface area contributed by atoms with Gasteiger partial charge in [0, 0.05) is 45.8 Å². The Morgan fingerprint density at radius 2 is 1.97 bits per heavy atom. The van der Waals surface area contributed by atoms with Gasteiger partial charge in [-0.05, 0) is 12.3 Å². The normalized spacial score (nSPS) is 17.5. The van der Waals surface area contributed by atoms with Crippen molar-refractivity contribution in [2.75, 3.05) is 39.8 Å². The van der Waals surface area contributed by atoms with E-state index in [9.17, 15) is 8.42 Å². The molecule has 166 valence electrons. The summed E-state index contributed by atoms with van der Waals surface area (Å²) in [5.41, 5.74) is 0.439. The number of sulfonamides is 1. The van der Waals surface area contributed by atoms with E-state index in [1.165, 1.54) is 49.1 Å². The van der Waals surface area contributed by atoms with Gasteiger partial charge in [0.15, 0.2) is 5.96 Å². The summed E-state index contributed by atoms with van der Waals surface area (Å²) in [7, 11) is -1.60. The molecule has 1 saturated heterocycles. The average molecular weight is 428 g/mol. The van der Waals surface area contributed by atoms with Crippen molar-refractivity contribution < 1.29 is 12.9 Å². The van der Waals surface area contributed by atoms with Crippen LogP contribution in [0, 0.1) is 5.92 Å². The van der Waals surface area contributed by atoms with E-state index in [1.54, 1.807) is 13.1 Å². The number of unbranched alkanes of at least 4 members (excludes halogenated alkanes) is 4. The molecule has 0 radical (unpaired) electrons. The molecule has 1 aromatic rings. The van der Waals surface area contributed by atoms with Crippen molar-refractivity contribution in [2.24, 2.45) is 10.9 Å². The Hall–Kier alpha value is -1.61. The van der Waals surface area contributed by atoms with Gasteiger partial charge >= 0.3 is 0 Å². The first-order valence-electron chi connectivity index (χ1n) is 10.8. The molecule has 2 rings (SSSR count). The first kappa shape index (κ1) is 23.7. The summed E-state index contributed by atoms with van der Waals surface area (Å²) in [5.74, 6) is 1.33. The Balaban J connectivity index is 1.72. The molecule has 1 unspecified atom stereocenters. The maximum Gasteiger partial charge on any atom is 0.220 e. The number of hydrogen-bond acceptors (Lipinski definition) is 5. The lowest BCUT2D eigenvalue weighted by Gasteiger charge is -2.36. The maximum absolute atomic E-state index is 12.6. The Kier molecular flexibility index (Phi) is 9.93. The summed E-state index contributed by atoms with van der Waals surface area (Å²) < 4.78 is 31.4. The quantitative estimate of drug-likeness (QED) is 0.332. The van der Waals surface area contributed by atoms with E-state index >= 15 is 0 Å². The van der Waals surface area contributed by atoms with Crippen LogP contribution in [0.4, 0.5) is 0 Å². The highest BCUT2D eigenvalue weighted by atomic mass is 32.2. The number of rotatable bonds is 11. The van der Waals surface area contributed by atoms with Crippen molar-refractivity contribution in [2.45, 2.75) is 58.1 Å². The van der Waals surface area contributed by atoms with Crippen molar-refractivity contribution in [3.8, 4) is 0 Å². The molecule has 0 saturated carbocycles. The molecule has 1 aromatic heterocycles. The molecule has 9 heteroatoms. The van der Waals surface area contributed by atoms with Crippen LogP contribution in [0.2, 0.25) is 0 Å². The standard InChI is InChI=1S/C20H37N5O3S/c1-4-5-6-7-8-9-18(2)16-22-20(21-3)24-11-13-25(14-12-24)29(26,27)17-19-10-15-28-23-19/h10,15,18H,4-9,11-14,16-17H2,1-3H3,(H,21,22). The summed E-state index contributed by atoms with van der Waals surface area (Å²) in [4.78, 5) is 6.53. The van der Waals surface area contributed by atoms with Crippen LogP contribution >= 0.6 is 0 Å². The number of nitrogens with one attached hydrogen (secondary N) is 1. The molecule has 0 bridgehead atoms. The number of nitrogens with zero attached hydrogens (tertiary/aromatic N) is 4. The van der Waals surface area contributed by atoms with Gasteiger partial charge in [-0.1, -0.05) is 51.1 Å². The van der Waals surface area contributed by atoms with Gasteiger partial charge in [-0.15, -0.1) is 0 Å². The molecule has 0 aromatic carbocycles. The molecule has 2 heterocycles. The van der Waals surface area contributed by atoms with E-state index in [1.807, 2.05) is 0 Å². The summed E-state index contributed by atoms with van der Waals surface area (Å²) in [6.07, 6.45) is 9.16. The first-order valence-corrected chi connectivity index (χ1v) is 12.4. The fraction of sp³-hybridized carbons (Fsp3) is 0.800. The second-order valence-corrected chi connectivity index (χ2v) is 9.84. The molecule has 1 fully saturated rings. The highest BCUT2D eigenvalue weighted by Crippen LogP contribution is 2.14. The largest absolute Gasteiger partial charge is 0.364 e. The van der Waals surface area contributed by atoms with Crippen LogP contribution in [0.25, 0.3) is 0 Å². The van der Waals surface area contributed by atoms with Gasteiger partial charge < -0.3 is 14.7 Å². The van der Waals surface area contributed by atoms with Gasteiger partial charge in [-0.25, -0.2) is 8.42 Å². The smallest absolute Gasteiger partial charge is 0.220 e. The number of guanidine groups is 1. The van der Waals surface area contributed by atoms with Crippen molar-refractivity contribution in [1.29, 1.82) is 0 Å². The van der Waals surface area contributed by atoms with Crippen LogP contribution in [0.15, 0.2) is 21.8 Å². The molecule has 0 spiro atoms. The van der Waals surface area contributed by atoms with Crippen molar-refractivity contribution in [3.63, 3.8) is 0 Å². The van der Waals surface area contributed by atoms with Crippen LogP contribution in [0.3, 0.4) is 0 Å². The third kappa shape index (κ3) is 7.97. The van der Waals surface area contributed by atoms with Crippen molar-refractivity contribution >= 4 is 16.0 Å². The van der Waals surface area contributed by atoms with E-state index < -0.39 is 10.0 Å². The summed E-state index contributed by atoms with van der Waals surface area (Å²) >= 11 is 0. The minimum absolute atomic E-state index is 0.119. The fourth-order valence-electron chi connectivity index (χ4n) is 3.56. The molecule has 1 atom stereocenters. The van der Waals surface area contributed by atoms with Crippen LogP contribution in [-0.2, 0) is 15.8 Å². The molecule has 1 N–H and O–H groups in total. The SMILES string of the molecule is CCCCCCCC(C)CNC(=NC)N1CCN(S(=O)(=O)Cc2ccon2)CC1. The Morgan fingerprint density at radius 1 is 1.24 bits per heavy atom. The van der Waals surface area contributed by atoms with Gasteiger partial charge in [0.05, 0.1) is 5.69 Å². The Morgan fingerprint density at radius 3 is 2.59 bits per heavy atom. The summed E-state index contributed by atoms with van der Waals surface area (Å²) in [5, 5.41) is 7.18. The lowest BCUT2D eigenvalue weighted by atomic mass is 10.0. The van der Waals surface area contributed by atoms with E-state index in [0.717, 1.165) is 12.5 Å². The summed E-state index contributed by atoms with van der Waals surface area (Å²) in [6, 6.07) is 1.59. The average Bonchev–Trinajstić information content (AvgIpc) is 3.21. The lowest BCUT2D eigenvalue weighted by molar-refractivity contribution is 0.259. The molecule has 0 amide bonds. The third-order valence-electron chi connectivity index (χ3n) is 5.37. The topological polar surface area (TPSA) is 91.0 Å². The van der Waals surface area contributed by atoms with Gasteiger partial charge in [-0.2, -0.15) is 4.31 Å². The van der Waals surface area contributed by atoms with E-state index in [2.05, 4.69) is 34.2 Å². The van der Waals surface area contributed by atoms with Crippen molar-refractivity contribution in [3.05, 3.63) is 18.0 Å².